The standard InChI is InChI=1S/C15H18O/c1-11(2)14-8-7-13-6-5-12(4-3-9-16)10-15(13)14/h3-6,9-11,14H,7-8H2,1-2H3. The van der Waals surface area contributed by atoms with E-state index in [0.717, 1.165) is 11.8 Å². The Balaban J connectivity index is 2.33. The zero-order valence-corrected chi connectivity index (χ0v) is 9.94. The van der Waals surface area contributed by atoms with Crippen LogP contribution in [0, 0.1) is 5.92 Å². The van der Waals surface area contributed by atoms with E-state index in [1.54, 1.807) is 6.08 Å². The number of aldehydes is 1. The van der Waals surface area contributed by atoms with E-state index in [-0.39, 0.29) is 0 Å². The van der Waals surface area contributed by atoms with Gasteiger partial charge >= 0.3 is 0 Å². The molecule has 1 heteroatoms. The third kappa shape index (κ3) is 2.08. The maximum absolute atomic E-state index is 10.3. The largest absolute Gasteiger partial charge is 0.299 e. The van der Waals surface area contributed by atoms with Crippen molar-refractivity contribution in [1.82, 2.24) is 0 Å². The smallest absolute Gasteiger partial charge is 0.142 e. The van der Waals surface area contributed by atoms with Crippen LogP contribution in [0.1, 0.15) is 42.9 Å². The second kappa shape index (κ2) is 4.65. The van der Waals surface area contributed by atoms with Crippen LogP contribution in [-0.2, 0) is 11.2 Å². The number of carbonyl (C=O) groups excluding carboxylic acids is 1. The minimum atomic E-state index is 0.694. The van der Waals surface area contributed by atoms with Crippen LogP contribution in [0.2, 0.25) is 0 Å². The lowest BCUT2D eigenvalue weighted by Gasteiger charge is -2.15. The quantitative estimate of drug-likeness (QED) is 0.555. The molecule has 0 N–H and O–H groups in total. The molecule has 0 bridgehead atoms. The molecule has 0 spiro atoms. The molecule has 0 amide bonds. The van der Waals surface area contributed by atoms with Crippen molar-refractivity contribution in [2.24, 2.45) is 5.92 Å². The topological polar surface area (TPSA) is 17.1 Å². The predicted molar refractivity (Wildman–Crippen MR) is 67.4 cm³/mol. The van der Waals surface area contributed by atoms with E-state index >= 15 is 0 Å². The van der Waals surface area contributed by atoms with Crippen molar-refractivity contribution in [2.75, 3.05) is 0 Å². The van der Waals surface area contributed by atoms with Gasteiger partial charge in [0.15, 0.2) is 0 Å². The molecule has 1 unspecified atom stereocenters. The summed E-state index contributed by atoms with van der Waals surface area (Å²) >= 11 is 0. The van der Waals surface area contributed by atoms with Crippen LogP contribution in [0.5, 0.6) is 0 Å². The molecule has 2 rings (SSSR count). The van der Waals surface area contributed by atoms with Crippen molar-refractivity contribution in [1.29, 1.82) is 0 Å². The normalized spacial score (nSPS) is 19.3. The number of rotatable bonds is 3. The minimum Gasteiger partial charge on any atom is -0.299 e. The zero-order chi connectivity index (χ0) is 11.5. The third-order valence-corrected chi connectivity index (χ3v) is 3.47. The molecule has 1 aromatic carbocycles. The van der Waals surface area contributed by atoms with Crippen LogP contribution in [-0.4, -0.2) is 6.29 Å². The summed E-state index contributed by atoms with van der Waals surface area (Å²) in [6.45, 7) is 4.57. The Morgan fingerprint density at radius 1 is 1.38 bits per heavy atom. The van der Waals surface area contributed by atoms with Gasteiger partial charge in [0.05, 0.1) is 0 Å². The van der Waals surface area contributed by atoms with E-state index in [9.17, 15) is 4.79 Å². The van der Waals surface area contributed by atoms with Gasteiger partial charge in [0, 0.05) is 0 Å². The Bertz CT molecular complexity index is 415. The van der Waals surface area contributed by atoms with Crippen LogP contribution in [0.25, 0.3) is 6.08 Å². The van der Waals surface area contributed by atoms with Gasteiger partial charge in [-0.05, 0) is 47.4 Å². The highest BCUT2D eigenvalue weighted by atomic mass is 16.1. The maximum atomic E-state index is 10.3. The molecule has 0 aromatic heterocycles. The van der Waals surface area contributed by atoms with Gasteiger partial charge < -0.3 is 0 Å². The van der Waals surface area contributed by atoms with Gasteiger partial charge in [-0.1, -0.05) is 38.1 Å². The predicted octanol–water partition coefficient (Wildman–Crippen LogP) is 3.58. The van der Waals surface area contributed by atoms with Gasteiger partial charge in [0.2, 0.25) is 0 Å². The lowest BCUT2D eigenvalue weighted by molar-refractivity contribution is -0.104. The summed E-state index contributed by atoms with van der Waals surface area (Å²) in [7, 11) is 0. The Labute approximate surface area is 97.2 Å². The molecule has 1 aromatic rings. The fourth-order valence-corrected chi connectivity index (χ4v) is 2.60. The zero-order valence-electron chi connectivity index (χ0n) is 9.94. The summed E-state index contributed by atoms with van der Waals surface area (Å²) < 4.78 is 0. The molecule has 0 fully saturated rings. The third-order valence-electron chi connectivity index (χ3n) is 3.47. The first-order valence-corrected chi connectivity index (χ1v) is 5.97. The lowest BCUT2D eigenvalue weighted by Crippen LogP contribution is -2.02. The van der Waals surface area contributed by atoms with E-state index in [2.05, 4.69) is 32.0 Å². The van der Waals surface area contributed by atoms with Crippen molar-refractivity contribution >= 4 is 12.4 Å². The second-order valence-electron chi connectivity index (χ2n) is 4.84. The molecule has 1 nitrogen and oxygen atoms in total. The summed E-state index contributed by atoms with van der Waals surface area (Å²) in [5, 5.41) is 0. The number of carbonyl (C=O) groups is 1. The molecular formula is C15H18O. The molecule has 1 aliphatic carbocycles. The van der Waals surface area contributed by atoms with Crippen molar-refractivity contribution < 1.29 is 4.79 Å². The molecule has 16 heavy (non-hydrogen) atoms. The van der Waals surface area contributed by atoms with Crippen molar-refractivity contribution in [2.45, 2.75) is 32.6 Å². The molecule has 84 valence electrons. The fraction of sp³-hybridized carbons (Fsp3) is 0.400. The Morgan fingerprint density at radius 3 is 2.88 bits per heavy atom. The number of fused-ring (bicyclic) bond motifs is 1. The minimum absolute atomic E-state index is 0.694. The number of benzene rings is 1. The molecule has 0 saturated heterocycles. The maximum Gasteiger partial charge on any atom is 0.142 e. The number of allylic oxidation sites excluding steroid dienone is 1. The SMILES string of the molecule is CC(C)C1CCc2ccc(C=CC=O)cc21. The Hall–Kier alpha value is -1.37. The second-order valence-corrected chi connectivity index (χ2v) is 4.84. The highest BCUT2D eigenvalue weighted by Crippen LogP contribution is 2.38. The fourth-order valence-electron chi connectivity index (χ4n) is 2.60. The van der Waals surface area contributed by atoms with E-state index in [4.69, 9.17) is 0 Å². The van der Waals surface area contributed by atoms with Crippen LogP contribution in [0.4, 0.5) is 0 Å². The van der Waals surface area contributed by atoms with Crippen molar-refractivity contribution in [3.63, 3.8) is 0 Å². The highest BCUT2D eigenvalue weighted by molar-refractivity contribution is 5.74. The van der Waals surface area contributed by atoms with Gasteiger partial charge in [-0.25, -0.2) is 0 Å². The Kier molecular flexibility index (Phi) is 3.23. The van der Waals surface area contributed by atoms with E-state index < -0.39 is 0 Å². The van der Waals surface area contributed by atoms with Gasteiger partial charge in [-0.15, -0.1) is 0 Å². The summed E-state index contributed by atoms with van der Waals surface area (Å²) in [4.78, 5) is 10.3. The molecular weight excluding hydrogens is 196 g/mol. The molecule has 1 aliphatic rings. The van der Waals surface area contributed by atoms with Gasteiger partial charge in [0.1, 0.15) is 6.29 Å². The number of hydrogen-bond acceptors (Lipinski definition) is 1. The van der Waals surface area contributed by atoms with Gasteiger partial charge in [-0.3, -0.25) is 4.79 Å². The van der Waals surface area contributed by atoms with Crippen LogP contribution >= 0.6 is 0 Å². The first-order valence-electron chi connectivity index (χ1n) is 5.97. The molecule has 0 aliphatic heterocycles. The Morgan fingerprint density at radius 2 is 2.19 bits per heavy atom. The molecule has 1 atom stereocenters. The first kappa shape index (κ1) is 11.1. The highest BCUT2D eigenvalue weighted by Gasteiger charge is 2.24. The van der Waals surface area contributed by atoms with E-state index in [0.29, 0.717) is 11.8 Å². The lowest BCUT2D eigenvalue weighted by atomic mass is 9.89. The average molecular weight is 214 g/mol. The first-order chi connectivity index (χ1) is 7.72. The van der Waals surface area contributed by atoms with E-state index in [1.165, 1.54) is 24.0 Å². The molecule has 0 radical (unpaired) electrons. The van der Waals surface area contributed by atoms with Crippen molar-refractivity contribution in [3.8, 4) is 0 Å². The summed E-state index contributed by atoms with van der Waals surface area (Å²) in [5.41, 5.74) is 4.11. The van der Waals surface area contributed by atoms with Crippen molar-refractivity contribution in [3.05, 3.63) is 41.0 Å². The summed E-state index contributed by atoms with van der Waals surface area (Å²) in [6, 6.07) is 6.55. The molecule has 0 saturated carbocycles. The summed E-state index contributed by atoms with van der Waals surface area (Å²) in [6.07, 6.45) is 6.74. The molecule has 0 heterocycles. The summed E-state index contributed by atoms with van der Waals surface area (Å²) in [5.74, 6) is 1.39. The average Bonchev–Trinajstić information content (AvgIpc) is 2.69. The van der Waals surface area contributed by atoms with Crippen LogP contribution in [0.3, 0.4) is 0 Å². The van der Waals surface area contributed by atoms with Crippen LogP contribution in [0.15, 0.2) is 24.3 Å². The van der Waals surface area contributed by atoms with Crippen LogP contribution < -0.4 is 0 Å². The monoisotopic (exact) mass is 214 g/mol. The van der Waals surface area contributed by atoms with E-state index in [1.807, 2.05) is 6.08 Å². The number of aryl methyl sites for hydroxylation is 1. The van der Waals surface area contributed by atoms with Gasteiger partial charge in [0.25, 0.3) is 0 Å². The number of hydrogen-bond donors (Lipinski definition) is 0. The van der Waals surface area contributed by atoms with Gasteiger partial charge in [-0.2, -0.15) is 0 Å².